The Kier molecular flexibility index (Phi) is 5.22. The predicted octanol–water partition coefficient (Wildman–Crippen LogP) is 2.80. The number of amides is 1. The zero-order valence-electron chi connectivity index (χ0n) is 9.74. The summed E-state index contributed by atoms with van der Waals surface area (Å²) in [6.07, 6.45) is 0. The van der Waals surface area contributed by atoms with Crippen LogP contribution in [0.3, 0.4) is 0 Å². The van der Waals surface area contributed by atoms with E-state index in [4.69, 9.17) is 16.3 Å². The Hall–Kier alpha value is -1.29. The quantitative estimate of drug-likeness (QED) is 0.826. The van der Waals surface area contributed by atoms with Gasteiger partial charge in [0.2, 0.25) is 0 Å². The lowest BCUT2D eigenvalue weighted by molar-refractivity contribution is -0.124. The second-order valence-corrected chi connectivity index (χ2v) is 3.92. The van der Waals surface area contributed by atoms with Gasteiger partial charge in [-0.3, -0.25) is 4.79 Å². The number of ether oxygens (including phenoxy) is 1. The molecule has 0 spiro atoms. The van der Waals surface area contributed by atoms with Crippen LogP contribution in [-0.4, -0.2) is 18.1 Å². The van der Waals surface area contributed by atoms with Crippen LogP contribution >= 0.6 is 11.6 Å². The normalized spacial score (nSPS) is 13.9. The van der Waals surface area contributed by atoms with Crippen LogP contribution in [-0.2, 0) is 4.79 Å². The molecule has 1 rings (SSSR count). The van der Waals surface area contributed by atoms with E-state index in [-0.39, 0.29) is 6.04 Å². The first-order valence-electron chi connectivity index (χ1n) is 5.36. The minimum atomic E-state index is -2.02. The van der Waals surface area contributed by atoms with E-state index in [0.717, 1.165) is 5.56 Å². The fraction of sp³-hybridized carbons (Fsp3) is 0.417. The van der Waals surface area contributed by atoms with E-state index in [0.29, 0.717) is 12.4 Å². The first-order chi connectivity index (χ1) is 8.04. The topological polar surface area (TPSA) is 38.3 Å². The molecule has 1 aromatic carbocycles. The largest absolute Gasteiger partial charge is 0.494 e. The highest BCUT2D eigenvalue weighted by atomic mass is 35.5. The van der Waals surface area contributed by atoms with E-state index >= 15 is 0 Å². The summed E-state index contributed by atoms with van der Waals surface area (Å²) in [7, 11) is 0. The van der Waals surface area contributed by atoms with Gasteiger partial charge in [-0.05, 0) is 31.5 Å². The summed E-state index contributed by atoms with van der Waals surface area (Å²) in [6, 6.07) is 6.95. The van der Waals surface area contributed by atoms with Crippen LogP contribution in [0, 0.1) is 0 Å². The highest BCUT2D eigenvalue weighted by molar-refractivity contribution is 6.29. The highest BCUT2D eigenvalue weighted by Crippen LogP contribution is 2.19. The van der Waals surface area contributed by atoms with Crippen molar-refractivity contribution in [3.05, 3.63) is 29.8 Å². The average Bonchev–Trinajstić information content (AvgIpc) is 2.29. The molecule has 0 aliphatic carbocycles. The van der Waals surface area contributed by atoms with Gasteiger partial charge in [0.25, 0.3) is 11.5 Å². The Morgan fingerprint density at radius 3 is 2.88 bits per heavy atom. The van der Waals surface area contributed by atoms with Crippen LogP contribution in [0.5, 0.6) is 5.75 Å². The lowest BCUT2D eigenvalue weighted by Crippen LogP contribution is -2.31. The molecule has 3 nitrogen and oxygen atoms in total. The molecule has 0 bridgehead atoms. The van der Waals surface area contributed by atoms with Gasteiger partial charge in [-0.2, -0.15) is 0 Å². The van der Waals surface area contributed by atoms with Crippen molar-refractivity contribution in [2.24, 2.45) is 0 Å². The van der Waals surface area contributed by atoms with Crippen molar-refractivity contribution < 1.29 is 13.9 Å². The fourth-order valence-electron chi connectivity index (χ4n) is 1.40. The maximum atomic E-state index is 12.5. The van der Waals surface area contributed by atoms with Gasteiger partial charge >= 0.3 is 0 Å². The smallest absolute Gasteiger partial charge is 0.270 e. The molecule has 5 heteroatoms. The molecule has 0 fully saturated rings. The Balaban J connectivity index is 2.71. The third kappa shape index (κ3) is 4.23. The number of alkyl halides is 2. The third-order valence-electron chi connectivity index (χ3n) is 2.23. The monoisotopic (exact) mass is 259 g/mol. The summed E-state index contributed by atoms with van der Waals surface area (Å²) in [5.41, 5.74) is -1.19. The van der Waals surface area contributed by atoms with Crippen LogP contribution < -0.4 is 10.1 Å². The first-order valence-corrected chi connectivity index (χ1v) is 5.79. The summed E-state index contributed by atoms with van der Waals surface area (Å²) in [4.78, 5) is 11.1. The highest BCUT2D eigenvalue weighted by Gasteiger charge is 2.16. The summed E-state index contributed by atoms with van der Waals surface area (Å²) < 4.78 is 17.8. The number of hydrogen-bond acceptors (Lipinski definition) is 2. The number of benzene rings is 1. The number of hydrogen-bond donors (Lipinski definition) is 1. The second kappa shape index (κ2) is 6.45. The number of nitrogens with one attached hydrogen (secondary N) is 1. The van der Waals surface area contributed by atoms with E-state index in [1.807, 2.05) is 25.1 Å². The first kappa shape index (κ1) is 13.8. The molecule has 0 aliphatic rings. The molecule has 1 aromatic rings. The van der Waals surface area contributed by atoms with Crippen molar-refractivity contribution in [3.8, 4) is 5.75 Å². The maximum Gasteiger partial charge on any atom is 0.270 e. The van der Waals surface area contributed by atoms with E-state index in [1.165, 1.54) is 0 Å². The molecular formula is C12H15ClFNO2. The van der Waals surface area contributed by atoms with Gasteiger partial charge in [0.15, 0.2) is 0 Å². The second-order valence-electron chi connectivity index (χ2n) is 3.54. The van der Waals surface area contributed by atoms with Gasteiger partial charge in [-0.1, -0.05) is 23.7 Å². The van der Waals surface area contributed by atoms with Crippen LogP contribution in [0.15, 0.2) is 24.3 Å². The molecule has 0 radical (unpaired) electrons. The molecule has 17 heavy (non-hydrogen) atoms. The minimum absolute atomic E-state index is 0.320. The Labute approximate surface area is 105 Å². The van der Waals surface area contributed by atoms with Gasteiger partial charge in [-0.15, -0.1) is 0 Å². The summed E-state index contributed by atoms with van der Waals surface area (Å²) in [6.45, 7) is 4.21. The zero-order valence-corrected chi connectivity index (χ0v) is 10.5. The lowest BCUT2D eigenvalue weighted by atomic mass is 10.1. The van der Waals surface area contributed by atoms with E-state index < -0.39 is 11.5 Å². The molecule has 0 aromatic heterocycles. The predicted molar refractivity (Wildman–Crippen MR) is 64.9 cm³/mol. The van der Waals surface area contributed by atoms with Crippen LogP contribution in [0.1, 0.15) is 25.5 Å². The zero-order chi connectivity index (χ0) is 12.8. The molecule has 2 atom stereocenters. The molecule has 94 valence electrons. The number of halogens is 2. The SMILES string of the molecule is CCOc1cccc(C(C)NC(=O)C(F)Cl)c1. The van der Waals surface area contributed by atoms with Crippen molar-refractivity contribution in [2.45, 2.75) is 25.5 Å². The number of carbonyl (C=O) groups excluding carboxylic acids is 1. The van der Waals surface area contributed by atoms with E-state index in [2.05, 4.69) is 5.32 Å². The Morgan fingerprint density at radius 1 is 1.59 bits per heavy atom. The minimum Gasteiger partial charge on any atom is -0.494 e. The van der Waals surface area contributed by atoms with Crippen LogP contribution in [0.4, 0.5) is 4.39 Å². The van der Waals surface area contributed by atoms with Crippen molar-refractivity contribution >= 4 is 17.5 Å². The van der Waals surface area contributed by atoms with Crippen molar-refractivity contribution in [2.75, 3.05) is 6.61 Å². The van der Waals surface area contributed by atoms with E-state index in [9.17, 15) is 9.18 Å². The van der Waals surface area contributed by atoms with Crippen LogP contribution in [0.25, 0.3) is 0 Å². The molecule has 0 saturated heterocycles. The molecule has 2 unspecified atom stereocenters. The van der Waals surface area contributed by atoms with Crippen molar-refractivity contribution in [1.29, 1.82) is 0 Å². The standard InChI is InChI=1S/C12H15ClFNO2/c1-3-17-10-6-4-5-9(7-10)8(2)15-12(16)11(13)14/h4-8,11H,3H2,1-2H3,(H,15,16). The fourth-order valence-corrected chi connectivity index (χ4v) is 1.46. The van der Waals surface area contributed by atoms with Gasteiger partial charge < -0.3 is 10.1 Å². The summed E-state index contributed by atoms with van der Waals surface area (Å²) in [5, 5.41) is 2.46. The molecular weight excluding hydrogens is 245 g/mol. The third-order valence-corrected chi connectivity index (χ3v) is 2.42. The van der Waals surface area contributed by atoms with Gasteiger partial charge in [0.1, 0.15) is 5.75 Å². The molecule has 0 heterocycles. The van der Waals surface area contributed by atoms with Gasteiger partial charge in [0.05, 0.1) is 12.6 Å². The van der Waals surface area contributed by atoms with Crippen molar-refractivity contribution in [1.82, 2.24) is 5.32 Å². The Bertz CT molecular complexity index is 385. The van der Waals surface area contributed by atoms with Crippen LogP contribution in [0.2, 0.25) is 0 Å². The lowest BCUT2D eigenvalue weighted by Gasteiger charge is -2.15. The summed E-state index contributed by atoms with van der Waals surface area (Å²) in [5.74, 6) is -0.116. The van der Waals surface area contributed by atoms with Crippen molar-refractivity contribution in [3.63, 3.8) is 0 Å². The molecule has 1 amide bonds. The Morgan fingerprint density at radius 2 is 2.29 bits per heavy atom. The molecule has 1 N–H and O–H groups in total. The maximum absolute atomic E-state index is 12.5. The number of rotatable bonds is 5. The average molecular weight is 260 g/mol. The summed E-state index contributed by atoms with van der Waals surface area (Å²) >= 11 is 5.04. The van der Waals surface area contributed by atoms with Gasteiger partial charge in [-0.25, -0.2) is 4.39 Å². The number of carbonyl (C=O) groups is 1. The van der Waals surface area contributed by atoms with E-state index in [1.54, 1.807) is 13.0 Å². The molecule has 0 aliphatic heterocycles. The molecule has 0 saturated carbocycles. The van der Waals surface area contributed by atoms with Gasteiger partial charge in [0, 0.05) is 0 Å².